The lowest BCUT2D eigenvalue weighted by atomic mass is 10.1. The standard InChI is InChI=1S/C22H22ClN3O5S/c1-4-31-22(28)19-13(2)20(24-14(19)3)21(27)25-15-8-7-9-16(12-15)32(29,30)26-18-11-6-5-10-17(18)23/h5-12,24,26H,4H2,1-3H3,(H,25,27). The SMILES string of the molecule is CCOC(=O)c1c(C)[nH]c(C(=O)Nc2cccc(S(=O)(=O)Nc3ccccc3Cl)c2)c1C. The average Bonchev–Trinajstić information content (AvgIpc) is 3.04. The first kappa shape index (κ1) is 23.4. The first-order chi connectivity index (χ1) is 15.1. The molecule has 1 heterocycles. The summed E-state index contributed by atoms with van der Waals surface area (Å²) in [6.45, 7) is 5.22. The second-order valence-electron chi connectivity index (χ2n) is 6.91. The van der Waals surface area contributed by atoms with Crippen LogP contribution >= 0.6 is 11.6 Å². The molecule has 32 heavy (non-hydrogen) atoms. The van der Waals surface area contributed by atoms with Crippen molar-refractivity contribution in [1.29, 1.82) is 0 Å². The van der Waals surface area contributed by atoms with Crippen LogP contribution in [0.2, 0.25) is 5.02 Å². The Kier molecular flexibility index (Phi) is 6.90. The molecule has 0 aliphatic carbocycles. The van der Waals surface area contributed by atoms with Crippen LogP contribution in [-0.4, -0.2) is 31.9 Å². The van der Waals surface area contributed by atoms with Crippen LogP contribution < -0.4 is 10.0 Å². The highest BCUT2D eigenvalue weighted by Crippen LogP contribution is 2.25. The van der Waals surface area contributed by atoms with Crippen LogP contribution in [-0.2, 0) is 14.8 Å². The Morgan fingerprint density at radius 2 is 1.81 bits per heavy atom. The third-order valence-electron chi connectivity index (χ3n) is 4.66. The minimum Gasteiger partial charge on any atom is -0.462 e. The van der Waals surface area contributed by atoms with Crippen molar-refractivity contribution >= 4 is 44.9 Å². The number of hydrogen-bond donors (Lipinski definition) is 3. The summed E-state index contributed by atoms with van der Waals surface area (Å²) < 4.78 is 33.0. The molecule has 1 aromatic heterocycles. The lowest BCUT2D eigenvalue weighted by Crippen LogP contribution is -2.16. The monoisotopic (exact) mass is 475 g/mol. The topological polar surface area (TPSA) is 117 Å². The molecule has 10 heteroatoms. The second-order valence-corrected chi connectivity index (χ2v) is 9.00. The molecule has 0 radical (unpaired) electrons. The average molecular weight is 476 g/mol. The molecule has 0 unspecified atom stereocenters. The van der Waals surface area contributed by atoms with Gasteiger partial charge in [-0.05, 0) is 56.7 Å². The number of anilines is 2. The van der Waals surface area contributed by atoms with E-state index in [1.165, 1.54) is 18.2 Å². The zero-order valence-corrected chi connectivity index (χ0v) is 19.2. The van der Waals surface area contributed by atoms with Crippen molar-refractivity contribution in [2.24, 2.45) is 0 Å². The zero-order chi connectivity index (χ0) is 23.5. The number of H-pyrrole nitrogens is 1. The highest BCUT2D eigenvalue weighted by Gasteiger charge is 2.23. The van der Waals surface area contributed by atoms with Gasteiger partial charge in [0, 0.05) is 11.4 Å². The molecule has 8 nitrogen and oxygen atoms in total. The fourth-order valence-corrected chi connectivity index (χ4v) is 4.53. The lowest BCUT2D eigenvalue weighted by molar-refractivity contribution is 0.0525. The molecule has 2 aromatic carbocycles. The molecule has 3 aromatic rings. The van der Waals surface area contributed by atoms with Crippen LogP contribution in [0.15, 0.2) is 53.4 Å². The van der Waals surface area contributed by atoms with Crippen molar-refractivity contribution in [3.05, 3.63) is 76.1 Å². The van der Waals surface area contributed by atoms with E-state index < -0.39 is 21.9 Å². The summed E-state index contributed by atoms with van der Waals surface area (Å²) in [4.78, 5) is 27.8. The predicted octanol–water partition coefficient (Wildman–Crippen LogP) is 4.51. The number of para-hydroxylation sites is 1. The van der Waals surface area contributed by atoms with Crippen molar-refractivity contribution in [1.82, 2.24) is 4.98 Å². The molecule has 0 fully saturated rings. The Labute approximate surface area is 191 Å². The van der Waals surface area contributed by atoms with Gasteiger partial charge in [0.25, 0.3) is 15.9 Å². The molecule has 0 aliphatic heterocycles. The molecular formula is C22H22ClN3O5S. The molecule has 3 N–H and O–H groups in total. The van der Waals surface area contributed by atoms with E-state index in [0.717, 1.165) is 0 Å². The Morgan fingerprint density at radius 3 is 2.50 bits per heavy atom. The molecular weight excluding hydrogens is 454 g/mol. The van der Waals surface area contributed by atoms with Crippen LogP contribution in [0.25, 0.3) is 0 Å². The fraction of sp³-hybridized carbons (Fsp3) is 0.182. The van der Waals surface area contributed by atoms with Crippen molar-refractivity contribution in [3.8, 4) is 0 Å². The number of halogens is 1. The maximum absolute atomic E-state index is 12.8. The van der Waals surface area contributed by atoms with E-state index in [1.54, 1.807) is 51.1 Å². The van der Waals surface area contributed by atoms with E-state index in [-0.39, 0.29) is 33.6 Å². The molecule has 0 atom stereocenters. The summed E-state index contributed by atoms with van der Waals surface area (Å²) in [6, 6.07) is 12.3. The van der Waals surface area contributed by atoms with Crippen molar-refractivity contribution < 1.29 is 22.7 Å². The first-order valence-corrected chi connectivity index (χ1v) is 11.5. The van der Waals surface area contributed by atoms with Gasteiger partial charge in [-0.3, -0.25) is 9.52 Å². The first-order valence-electron chi connectivity index (χ1n) is 9.69. The van der Waals surface area contributed by atoms with Crippen LogP contribution in [0.5, 0.6) is 0 Å². The van der Waals surface area contributed by atoms with Gasteiger partial charge >= 0.3 is 5.97 Å². The smallest absolute Gasteiger partial charge is 0.340 e. The van der Waals surface area contributed by atoms with E-state index >= 15 is 0 Å². The Hall–Kier alpha value is -3.30. The predicted molar refractivity (Wildman–Crippen MR) is 123 cm³/mol. The van der Waals surface area contributed by atoms with Gasteiger partial charge in [-0.2, -0.15) is 0 Å². The van der Waals surface area contributed by atoms with Gasteiger partial charge in [-0.25, -0.2) is 13.2 Å². The van der Waals surface area contributed by atoms with Gasteiger partial charge in [0.05, 0.1) is 27.8 Å². The summed E-state index contributed by atoms with van der Waals surface area (Å²) in [5, 5.41) is 2.92. The molecule has 0 saturated carbocycles. The van der Waals surface area contributed by atoms with Gasteiger partial charge in [0.15, 0.2) is 0 Å². The van der Waals surface area contributed by atoms with E-state index in [2.05, 4.69) is 15.0 Å². The van der Waals surface area contributed by atoms with Gasteiger partial charge in [0.1, 0.15) is 5.69 Å². The Balaban J connectivity index is 1.84. The fourth-order valence-electron chi connectivity index (χ4n) is 3.17. The molecule has 0 aliphatic rings. The van der Waals surface area contributed by atoms with E-state index in [9.17, 15) is 18.0 Å². The number of aromatic nitrogens is 1. The molecule has 168 valence electrons. The highest BCUT2D eigenvalue weighted by atomic mass is 35.5. The molecule has 0 saturated heterocycles. The van der Waals surface area contributed by atoms with Crippen LogP contribution in [0.4, 0.5) is 11.4 Å². The van der Waals surface area contributed by atoms with Gasteiger partial charge in [0.2, 0.25) is 0 Å². The number of hydrogen-bond acceptors (Lipinski definition) is 5. The van der Waals surface area contributed by atoms with Crippen LogP contribution in [0.3, 0.4) is 0 Å². The number of aryl methyl sites for hydroxylation is 1. The van der Waals surface area contributed by atoms with Gasteiger partial charge in [-0.15, -0.1) is 0 Å². The summed E-state index contributed by atoms with van der Waals surface area (Å²) in [6.07, 6.45) is 0. The number of esters is 1. The largest absolute Gasteiger partial charge is 0.462 e. The van der Waals surface area contributed by atoms with Crippen LogP contribution in [0.1, 0.15) is 39.0 Å². The van der Waals surface area contributed by atoms with Crippen molar-refractivity contribution in [2.45, 2.75) is 25.7 Å². The van der Waals surface area contributed by atoms with Crippen LogP contribution in [0, 0.1) is 13.8 Å². The van der Waals surface area contributed by atoms with Crippen molar-refractivity contribution in [3.63, 3.8) is 0 Å². The number of benzene rings is 2. The van der Waals surface area contributed by atoms with E-state index in [4.69, 9.17) is 16.3 Å². The summed E-state index contributed by atoms with van der Waals surface area (Å²) in [5.41, 5.74) is 1.95. The number of rotatable bonds is 7. The molecule has 0 spiro atoms. The molecule has 0 bridgehead atoms. The second kappa shape index (κ2) is 9.46. The zero-order valence-electron chi connectivity index (χ0n) is 17.7. The lowest BCUT2D eigenvalue weighted by Gasteiger charge is -2.11. The van der Waals surface area contributed by atoms with E-state index in [0.29, 0.717) is 16.8 Å². The number of aromatic amines is 1. The Bertz CT molecular complexity index is 1280. The highest BCUT2D eigenvalue weighted by molar-refractivity contribution is 7.92. The number of carbonyl (C=O) groups is 2. The third-order valence-corrected chi connectivity index (χ3v) is 6.36. The third kappa shape index (κ3) is 4.95. The van der Waals surface area contributed by atoms with Crippen molar-refractivity contribution in [2.75, 3.05) is 16.6 Å². The molecule has 3 rings (SSSR count). The number of amides is 1. The summed E-state index contributed by atoms with van der Waals surface area (Å²) in [5.74, 6) is -1.04. The molecule has 1 amide bonds. The number of sulfonamides is 1. The minimum absolute atomic E-state index is 0.0539. The van der Waals surface area contributed by atoms with Gasteiger partial charge < -0.3 is 15.0 Å². The number of ether oxygens (including phenoxy) is 1. The van der Waals surface area contributed by atoms with E-state index in [1.807, 2.05) is 0 Å². The minimum atomic E-state index is -3.94. The Morgan fingerprint density at radius 1 is 1.09 bits per heavy atom. The normalized spacial score (nSPS) is 11.1. The maximum Gasteiger partial charge on any atom is 0.340 e. The summed E-state index contributed by atoms with van der Waals surface area (Å²) >= 11 is 6.04. The summed E-state index contributed by atoms with van der Waals surface area (Å²) in [7, 11) is -3.94. The number of carbonyl (C=O) groups excluding carboxylic acids is 2. The quantitative estimate of drug-likeness (QED) is 0.434. The maximum atomic E-state index is 12.8. The number of nitrogens with one attached hydrogen (secondary N) is 3. The van der Waals surface area contributed by atoms with Gasteiger partial charge in [-0.1, -0.05) is 29.8 Å².